The summed E-state index contributed by atoms with van der Waals surface area (Å²) in [7, 11) is 1.43. The van der Waals surface area contributed by atoms with Gasteiger partial charge in [0.2, 0.25) is 0 Å². The number of amides is 1. The number of ether oxygens (including phenoxy) is 1. The van der Waals surface area contributed by atoms with Crippen molar-refractivity contribution in [2.45, 2.75) is 6.42 Å². The number of likely N-dealkylation sites (tertiary alicyclic amines) is 1. The van der Waals surface area contributed by atoms with E-state index in [4.69, 9.17) is 4.74 Å². The van der Waals surface area contributed by atoms with Gasteiger partial charge in [-0.05, 0) is 30.7 Å². The first-order valence-electron chi connectivity index (χ1n) is 7.65. The molecule has 1 fully saturated rings. The molecule has 132 valence electrons. The number of aliphatic carboxylic acids is 1. The number of carboxylic acid groups (broad SMARTS) is 1. The van der Waals surface area contributed by atoms with E-state index in [1.807, 2.05) is 0 Å². The zero-order valence-corrected chi connectivity index (χ0v) is 13.6. The number of aromatic nitrogens is 3. The van der Waals surface area contributed by atoms with Crippen molar-refractivity contribution in [1.82, 2.24) is 19.9 Å². The lowest BCUT2D eigenvalue weighted by Crippen LogP contribution is -2.40. The maximum atomic E-state index is 13.0. The predicted octanol–water partition coefficient (Wildman–Crippen LogP) is 0.970. The minimum atomic E-state index is -1.10. The first-order valence-corrected chi connectivity index (χ1v) is 7.65. The minimum Gasteiger partial charge on any atom is -0.481 e. The molecule has 0 radical (unpaired) electrons. The van der Waals surface area contributed by atoms with Gasteiger partial charge in [-0.25, -0.2) is 4.39 Å². The molecular formula is C16H17FN4O4. The third-order valence-electron chi connectivity index (χ3n) is 4.28. The normalized spacial score (nSPS) is 20.0. The molecule has 0 aliphatic carbocycles. The van der Waals surface area contributed by atoms with Crippen LogP contribution in [0.4, 0.5) is 4.39 Å². The molecule has 0 saturated carbocycles. The zero-order chi connectivity index (χ0) is 18.0. The molecule has 8 nitrogen and oxygen atoms in total. The van der Waals surface area contributed by atoms with Gasteiger partial charge in [-0.2, -0.15) is 9.90 Å². The van der Waals surface area contributed by atoms with Crippen molar-refractivity contribution >= 4 is 11.9 Å². The Balaban J connectivity index is 1.76. The van der Waals surface area contributed by atoms with E-state index in [2.05, 4.69) is 10.2 Å². The van der Waals surface area contributed by atoms with E-state index in [1.165, 1.54) is 47.3 Å². The molecule has 1 aliphatic heterocycles. The van der Waals surface area contributed by atoms with Gasteiger partial charge in [0, 0.05) is 20.2 Å². The minimum absolute atomic E-state index is 0.0361. The lowest BCUT2D eigenvalue weighted by Gasteiger charge is -2.23. The lowest BCUT2D eigenvalue weighted by molar-refractivity contribution is -0.151. The maximum Gasteiger partial charge on any atom is 0.313 e. The SMILES string of the molecule is COCC1(C(=O)O)CCN(C(=O)c2cnn(-c3ccc(F)cc3)n2)C1. The smallest absolute Gasteiger partial charge is 0.313 e. The van der Waals surface area contributed by atoms with E-state index >= 15 is 0 Å². The molecule has 1 unspecified atom stereocenters. The third-order valence-corrected chi connectivity index (χ3v) is 4.28. The van der Waals surface area contributed by atoms with Crippen LogP contribution >= 0.6 is 0 Å². The molecule has 1 amide bonds. The summed E-state index contributed by atoms with van der Waals surface area (Å²) in [6.07, 6.45) is 1.62. The monoisotopic (exact) mass is 348 g/mol. The first kappa shape index (κ1) is 17.0. The van der Waals surface area contributed by atoms with E-state index in [1.54, 1.807) is 0 Å². The first-order chi connectivity index (χ1) is 11.9. The number of carbonyl (C=O) groups is 2. The Hall–Kier alpha value is -2.81. The van der Waals surface area contributed by atoms with Gasteiger partial charge in [-0.15, -0.1) is 5.10 Å². The van der Waals surface area contributed by atoms with Gasteiger partial charge in [0.05, 0.1) is 18.5 Å². The van der Waals surface area contributed by atoms with Crippen molar-refractivity contribution in [3.8, 4) is 5.69 Å². The Morgan fingerprint density at radius 2 is 2.08 bits per heavy atom. The molecule has 3 rings (SSSR count). The summed E-state index contributed by atoms with van der Waals surface area (Å²) in [5.41, 5.74) is -0.485. The molecule has 2 heterocycles. The molecule has 0 spiro atoms. The molecule has 1 atom stereocenters. The van der Waals surface area contributed by atoms with Crippen LogP contribution in [-0.2, 0) is 9.53 Å². The van der Waals surface area contributed by atoms with Crippen molar-refractivity contribution in [3.05, 3.63) is 42.0 Å². The van der Waals surface area contributed by atoms with Crippen molar-refractivity contribution in [2.75, 3.05) is 26.8 Å². The van der Waals surface area contributed by atoms with E-state index in [0.29, 0.717) is 18.7 Å². The van der Waals surface area contributed by atoms with Crippen molar-refractivity contribution in [1.29, 1.82) is 0 Å². The number of halogens is 1. The van der Waals surface area contributed by atoms with Crippen LogP contribution in [0.15, 0.2) is 30.5 Å². The second-order valence-corrected chi connectivity index (χ2v) is 5.99. The number of carbonyl (C=O) groups excluding carboxylic acids is 1. The highest BCUT2D eigenvalue weighted by Gasteiger charge is 2.46. The summed E-state index contributed by atoms with van der Waals surface area (Å²) >= 11 is 0. The molecule has 2 aromatic rings. The molecule has 1 aliphatic rings. The van der Waals surface area contributed by atoms with Crippen molar-refractivity contribution in [2.24, 2.45) is 5.41 Å². The van der Waals surface area contributed by atoms with Gasteiger partial charge in [-0.1, -0.05) is 0 Å². The molecule has 9 heteroatoms. The van der Waals surface area contributed by atoms with Crippen molar-refractivity contribution in [3.63, 3.8) is 0 Å². The van der Waals surface area contributed by atoms with Gasteiger partial charge in [0.25, 0.3) is 5.91 Å². The Labute approximate surface area is 142 Å². The molecule has 1 aromatic carbocycles. The predicted molar refractivity (Wildman–Crippen MR) is 83.8 cm³/mol. The number of hydrogen-bond acceptors (Lipinski definition) is 5. The number of hydrogen-bond donors (Lipinski definition) is 1. The van der Waals surface area contributed by atoms with Gasteiger partial charge >= 0.3 is 5.97 Å². The quantitative estimate of drug-likeness (QED) is 0.865. The molecule has 1 saturated heterocycles. The Kier molecular flexibility index (Phi) is 4.49. The van der Waals surface area contributed by atoms with Crippen LogP contribution < -0.4 is 0 Å². The van der Waals surface area contributed by atoms with Gasteiger partial charge in [0.1, 0.15) is 11.2 Å². The molecule has 25 heavy (non-hydrogen) atoms. The van der Waals surface area contributed by atoms with Gasteiger partial charge < -0.3 is 14.7 Å². The number of nitrogens with zero attached hydrogens (tertiary/aromatic N) is 4. The Bertz CT molecular complexity index is 792. The topological polar surface area (TPSA) is 97.5 Å². The summed E-state index contributed by atoms with van der Waals surface area (Å²) in [6.45, 7) is 0.394. The molecule has 1 aromatic heterocycles. The summed E-state index contributed by atoms with van der Waals surface area (Å²) in [6, 6.07) is 5.53. The Morgan fingerprint density at radius 1 is 1.36 bits per heavy atom. The number of rotatable bonds is 5. The lowest BCUT2D eigenvalue weighted by atomic mass is 9.88. The average Bonchev–Trinajstić information content (AvgIpc) is 3.23. The van der Waals surface area contributed by atoms with Crippen LogP contribution in [0.25, 0.3) is 5.69 Å². The fourth-order valence-electron chi connectivity index (χ4n) is 2.90. The van der Waals surface area contributed by atoms with Crippen molar-refractivity contribution < 1.29 is 23.8 Å². The van der Waals surface area contributed by atoms with Crippen LogP contribution in [0.5, 0.6) is 0 Å². The standard InChI is InChI=1S/C16H17FN4O4/c1-25-10-16(15(23)24)6-7-20(9-16)14(22)13-8-18-21(19-13)12-4-2-11(17)3-5-12/h2-5,8H,6-7,9-10H2,1H3,(H,23,24). The van der Waals surface area contributed by atoms with Crippen LogP contribution in [0.1, 0.15) is 16.9 Å². The van der Waals surface area contributed by atoms with Crippen LogP contribution in [0.2, 0.25) is 0 Å². The van der Waals surface area contributed by atoms with E-state index in [9.17, 15) is 19.1 Å². The second kappa shape index (κ2) is 6.60. The summed E-state index contributed by atoms with van der Waals surface area (Å²) in [5.74, 6) is -1.76. The molecular weight excluding hydrogens is 331 g/mol. The summed E-state index contributed by atoms with van der Waals surface area (Å²) in [4.78, 5) is 26.8. The third kappa shape index (κ3) is 3.22. The summed E-state index contributed by atoms with van der Waals surface area (Å²) < 4.78 is 18.0. The highest BCUT2D eigenvalue weighted by Crippen LogP contribution is 2.32. The fourth-order valence-corrected chi connectivity index (χ4v) is 2.90. The summed E-state index contributed by atoms with van der Waals surface area (Å²) in [5, 5.41) is 17.6. The van der Waals surface area contributed by atoms with Gasteiger partial charge in [-0.3, -0.25) is 9.59 Å². The van der Waals surface area contributed by atoms with Crippen LogP contribution in [0.3, 0.4) is 0 Å². The Morgan fingerprint density at radius 3 is 2.72 bits per heavy atom. The highest BCUT2D eigenvalue weighted by atomic mass is 19.1. The zero-order valence-electron chi connectivity index (χ0n) is 13.6. The highest BCUT2D eigenvalue weighted by molar-refractivity contribution is 5.93. The van der Waals surface area contributed by atoms with E-state index in [-0.39, 0.29) is 24.7 Å². The number of methoxy groups -OCH3 is 1. The van der Waals surface area contributed by atoms with Crippen LogP contribution in [0, 0.1) is 11.2 Å². The number of carboxylic acids is 1. The fraction of sp³-hybridized carbons (Fsp3) is 0.375. The second-order valence-electron chi connectivity index (χ2n) is 5.99. The largest absolute Gasteiger partial charge is 0.481 e. The maximum absolute atomic E-state index is 13.0. The van der Waals surface area contributed by atoms with Gasteiger partial charge in [0.15, 0.2) is 5.69 Å². The van der Waals surface area contributed by atoms with Crippen LogP contribution in [-0.4, -0.2) is 63.7 Å². The van der Waals surface area contributed by atoms with E-state index in [0.717, 1.165) is 0 Å². The molecule has 1 N–H and O–H groups in total. The molecule has 0 bridgehead atoms. The number of benzene rings is 1. The average molecular weight is 348 g/mol. The van der Waals surface area contributed by atoms with E-state index < -0.39 is 17.3 Å².